The summed E-state index contributed by atoms with van der Waals surface area (Å²) in [6.07, 6.45) is 0.572. The third kappa shape index (κ3) is 4.55. The van der Waals surface area contributed by atoms with E-state index in [0.717, 1.165) is 5.56 Å². The maximum Gasteiger partial charge on any atom is 0.260 e. The van der Waals surface area contributed by atoms with Crippen molar-refractivity contribution in [1.29, 1.82) is 0 Å². The van der Waals surface area contributed by atoms with Gasteiger partial charge < -0.3 is 14.7 Å². The molecule has 1 amide bonds. The smallest absolute Gasteiger partial charge is 0.260 e. The Balaban J connectivity index is 2.44. The lowest BCUT2D eigenvalue weighted by Crippen LogP contribution is -2.32. The lowest BCUT2D eigenvalue weighted by Gasteiger charge is -2.16. The van der Waals surface area contributed by atoms with Gasteiger partial charge in [0.25, 0.3) is 5.91 Å². The molecule has 0 saturated carbocycles. The highest BCUT2D eigenvalue weighted by Crippen LogP contribution is 2.20. The number of carbonyl (C=O) groups excluding carboxylic acids is 1. The third-order valence-corrected chi connectivity index (χ3v) is 2.99. The van der Waals surface area contributed by atoms with Crippen LogP contribution < -0.4 is 4.74 Å². The molecule has 0 unspecified atom stereocenters. The number of ether oxygens (including phenoxy) is 1. The molecule has 1 N–H and O–H groups in total. The standard InChI is InChI=1S/C13H18ClNO3/c1-10-8-11(4-5-12(10)14)18-9-13(17)15(2)6-3-7-16/h4-5,8,16H,3,6-7,9H2,1-2H3. The molecule has 1 rings (SSSR count). The first-order valence-corrected chi connectivity index (χ1v) is 6.16. The van der Waals surface area contributed by atoms with Crippen LogP contribution in [0, 0.1) is 6.92 Å². The molecular formula is C13H18ClNO3. The monoisotopic (exact) mass is 271 g/mol. The zero-order valence-corrected chi connectivity index (χ0v) is 11.4. The van der Waals surface area contributed by atoms with Gasteiger partial charge in [0.05, 0.1) is 0 Å². The Morgan fingerprint density at radius 1 is 1.50 bits per heavy atom. The van der Waals surface area contributed by atoms with Crippen molar-refractivity contribution >= 4 is 17.5 Å². The van der Waals surface area contributed by atoms with E-state index in [9.17, 15) is 4.79 Å². The van der Waals surface area contributed by atoms with E-state index in [4.69, 9.17) is 21.4 Å². The third-order valence-electron chi connectivity index (χ3n) is 2.57. The molecule has 0 aromatic heterocycles. The quantitative estimate of drug-likeness (QED) is 0.859. The van der Waals surface area contributed by atoms with Crippen molar-refractivity contribution in [3.8, 4) is 5.75 Å². The maximum absolute atomic E-state index is 11.7. The molecule has 0 aliphatic rings. The van der Waals surface area contributed by atoms with Crippen LogP contribution in [-0.4, -0.2) is 42.7 Å². The summed E-state index contributed by atoms with van der Waals surface area (Å²) in [7, 11) is 1.69. The van der Waals surface area contributed by atoms with Crippen LogP contribution in [0.5, 0.6) is 5.75 Å². The van der Waals surface area contributed by atoms with Gasteiger partial charge in [-0.3, -0.25) is 4.79 Å². The van der Waals surface area contributed by atoms with Gasteiger partial charge in [-0.15, -0.1) is 0 Å². The first-order chi connectivity index (χ1) is 8.54. The minimum atomic E-state index is -0.115. The fraction of sp³-hybridized carbons (Fsp3) is 0.462. The van der Waals surface area contributed by atoms with Gasteiger partial charge in [0.1, 0.15) is 5.75 Å². The first-order valence-electron chi connectivity index (χ1n) is 5.78. The molecule has 1 aromatic rings. The second-order valence-electron chi connectivity index (χ2n) is 4.09. The molecule has 0 heterocycles. The van der Waals surface area contributed by atoms with Gasteiger partial charge in [-0.05, 0) is 37.1 Å². The fourth-order valence-electron chi connectivity index (χ4n) is 1.39. The lowest BCUT2D eigenvalue weighted by molar-refractivity contribution is -0.132. The predicted octanol–water partition coefficient (Wildman–Crippen LogP) is 1.87. The fourth-order valence-corrected chi connectivity index (χ4v) is 1.51. The average Bonchev–Trinajstić information content (AvgIpc) is 2.36. The Kier molecular flexibility index (Phi) is 5.95. The van der Waals surface area contributed by atoms with Crippen molar-refractivity contribution in [2.45, 2.75) is 13.3 Å². The van der Waals surface area contributed by atoms with E-state index >= 15 is 0 Å². The van der Waals surface area contributed by atoms with Gasteiger partial charge >= 0.3 is 0 Å². The Morgan fingerprint density at radius 3 is 2.83 bits per heavy atom. The molecule has 0 aliphatic carbocycles. The molecule has 100 valence electrons. The number of rotatable bonds is 6. The lowest BCUT2D eigenvalue weighted by atomic mass is 10.2. The van der Waals surface area contributed by atoms with Crippen LogP contribution in [-0.2, 0) is 4.79 Å². The molecule has 5 heteroatoms. The number of benzene rings is 1. The number of hydrogen-bond acceptors (Lipinski definition) is 3. The molecule has 0 atom stereocenters. The summed E-state index contributed by atoms with van der Waals surface area (Å²) in [6.45, 7) is 2.47. The van der Waals surface area contributed by atoms with E-state index in [1.165, 1.54) is 0 Å². The summed E-state index contributed by atoms with van der Waals surface area (Å²) >= 11 is 5.90. The average molecular weight is 272 g/mol. The number of halogens is 1. The van der Waals surface area contributed by atoms with Crippen molar-refractivity contribution in [3.63, 3.8) is 0 Å². The minimum absolute atomic E-state index is 0.0109. The van der Waals surface area contributed by atoms with E-state index < -0.39 is 0 Å². The summed E-state index contributed by atoms with van der Waals surface area (Å²) in [5.41, 5.74) is 0.912. The summed E-state index contributed by atoms with van der Waals surface area (Å²) in [5, 5.41) is 9.35. The molecule has 0 spiro atoms. The van der Waals surface area contributed by atoms with Crippen LogP contribution in [0.1, 0.15) is 12.0 Å². The van der Waals surface area contributed by atoms with E-state index in [1.54, 1.807) is 30.1 Å². The number of carbonyl (C=O) groups is 1. The second-order valence-corrected chi connectivity index (χ2v) is 4.50. The highest BCUT2D eigenvalue weighted by atomic mass is 35.5. The van der Waals surface area contributed by atoms with Crippen molar-refractivity contribution in [2.75, 3.05) is 26.8 Å². The highest BCUT2D eigenvalue weighted by Gasteiger charge is 2.09. The van der Waals surface area contributed by atoms with Gasteiger partial charge in [0, 0.05) is 25.2 Å². The summed E-state index contributed by atoms with van der Waals surface area (Å²) in [4.78, 5) is 13.2. The van der Waals surface area contributed by atoms with Crippen molar-refractivity contribution < 1.29 is 14.6 Å². The summed E-state index contributed by atoms with van der Waals surface area (Å²) < 4.78 is 5.39. The van der Waals surface area contributed by atoms with E-state index in [2.05, 4.69) is 0 Å². The molecule has 1 aromatic carbocycles. The maximum atomic E-state index is 11.7. The van der Waals surface area contributed by atoms with Crippen LogP contribution in [0.25, 0.3) is 0 Å². The van der Waals surface area contributed by atoms with Gasteiger partial charge in [0.2, 0.25) is 0 Å². The molecule has 0 fully saturated rings. The number of amides is 1. The zero-order chi connectivity index (χ0) is 13.5. The van der Waals surface area contributed by atoms with Crippen molar-refractivity contribution in [2.24, 2.45) is 0 Å². The Bertz CT molecular complexity index is 409. The number of hydrogen-bond donors (Lipinski definition) is 1. The normalized spacial score (nSPS) is 10.2. The van der Waals surface area contributed by atoms with Crippen LogP contribution in [0.4, 0.5) is 0 Å². The predicted molar refractivity (Wildman–Crippen MR) is 71.0 cm³/mol. The Labute approximate surface area is 112 Å². The molecule has 18 heavy (non-hydrogen) atoms. The highest BCUT2D eigenvalue weighted by molar-refractivity contribution is 6.31. The zero-order valence-electron chi connectivity index (χ0n) is 10.6. The number of aliphatic hydroxyl groups excluding tert-OH is 1. The van der Waals surface area contributed by atoms with Crippen molar-refractivity contribution in [1.82, 2.24) is 4.90 Å². The summed E-state index contributed by atoms with van der Waals surface area (Å²) in [5.74, 6) is 0.511. The largest absolute Gasteiger partial charge is 0.484 e. The van der Waals surface area contributed by atoms with Gasteiger partial charge in [-0.2, -0.15) is 0 Å². The van der Waals surface area contributed by atoms with Gasteiger partial charge in [-0.25, -0.2) is 0 Å². The number of likely N-dealkylation sites (N-methyl/N-ethyl adjacent to an activating group) is 1. The molecule has 0 radical (unpaired) electrons. The minimum Gasteiger partial charge on any atom is -0.484 e. The van der Waals surface area contributed by atoms with Crippen LogP contribution in [0.2, 0.25) is 5.02 Å². The van der Waals surface area contributed by atoms with Crippen LogP contribution >= 0.6 is 11.6 Å². The molecule has 0 bridgehead atoms. The molecular weight excluding hydrogens is 254 g/mol. The van der Waals surface area contributed by atoms with Gasteiger partial charge in [-0.1, -0.05) is 11.6 Å². The number of aryl methyl sites for hydroxylation is 1. The number of nitrogens with zero attached hydrogens (tertiary/aromatic N) is 1. The summed E-state index contributed by atoms with van der Waals surface area (Å²) in [6, 6.07) is 5.27. The topological polar surface area (TPSA) is 49.8 Å². The first kappa shape index (κ1) is 14.8. The molecule has 0 saturated heterocycles. The SMILES string of the molecule is Cc1cc(OCC(=O)N(C)CCCO)ccc1Cl. The second kappa shape index (κ2) is 7.24. The number of aliphatic hydroxyl groups is 1. The van der Waals surface area contributed by atoms with E-state index in [0.29, 0.717) is 23.7 Å². The van der Waals surface area contributed by atoms with E-state index in [1.807, 2.05) is 6.92 Å². The molecule has 4 nitrogen and oxygen atoms in total. The van der Waals surface area contributed by atoms with Crippen LogP contribution in [0.15, 0.2) is 18.2 Å². The Morgan fingerprint density at radius 2 is 2.22 bits per heavy atom. The Hall–Kier alpha value is -1.26. The van der Waals surface area contributed by atoms with Gasteiger partial charge in [0.15, 0.2) is 6.61 Å². The van der Waals surface area contributed by atoms with E-state index in [-0.39, 0.29) is 19.1 Å². The van der Waals surface area contributed by atoms with Crippen LogP contribution in [0.3, 0.4) is 0 Å². The van der Waals surface area contributed by atoms with Crippen molar-refractivity contribution in [3.05, 3.63) is 28.8 Å². The molecule has 0 aliphatic heterocycles.